The Hall–Kier alpha value is -1.07. The van der Waals surface area contributed by atoms with Crippen LogP contribution in [0, 0.1) is 17.5 Å². The molecule has 0 spiro atoms. The number of aliphatic hydroxyl groups is 1. The number of aliphatic hydroxyl groups excluding tert-OH is 1. The van der Waals surface area contributed by atoms with Gasteiger partial charge in [-0.15, -0.1) is 0 Å². The lowest BCUT2D eigenvalue weighted by molar-refractivity contribution is 0.179. The first-order valence-electron chi connectivity index (χ1n) is 3.86. The van der Waals surface area contributed by atoms with E-state index in [4.69, 9.17) is 5.11 Å². The van der Waals surface area contributed by atoms with Crippen LogP contribution in [0.2, 0.25) is 0 Å². The Balaban J connectivity index is 3.25. The highest BCUT2D eigenvalue weighted by molar-refractivity contribution is 5.27. The molecule has 0 aliphatic rings. The van der Waals surface area contributed by atoms with Gasteiger partial charge in [0.2, 0.25) is 0 Å². The molecule has 0 amide bonds. The van der Waals surface area contributed by atoms with Crippen LogP contribution in [0.15, 0.2) is 6.07 Å². The van der Waals surface area contributed by atoms with Gasteiger partial charge < -0.3 is 9.84 Å². The maximum atomic E-state index is 13.1. The van der Waals surface area contributed by atoms with Crippen LogP contribution >= 0.6 is 0 Å². The van der Waals surface area contributed by atoms with Gasteiger partial charge in [-0.2, -0.15) is 0 Å². The number of methoxy groups -OCH3 is 1. The molecule has 0 aromatic heterocycles. The van der Waals surface area contributed by atoms with Gasteiger partial charge in [0.05, 0.1) is 18.8 Å². The molecule has 0 aliphatic heterocycles. The molecule has 0 radical (unpaired) electrons. The Kier molecular flexibility index (Phi) is 3.49. The average Bonchev–Trinajstić information content (AvgIpc) is 2.15. The van der Waals surface area contributed by atoms with Crippen molar-refractivity contribution in [3.63, 3.8) is 0 Å². The first kappa shape index (κ1) is 11.0. The number of rotatable bonds is 3. The van der Waals surface area contributed by atoms with Gasteiger partial charge in [-0.05, 0) is 6.07 Å². The molecule has 0 aliphatic carbocycles. The van der Waals surface area contributed by atoms with Gasteiger partial charge in [0.15, 0.2) is 11.6 Å². The molecule has 1 aromatic rings. The Morgan fingerprint density at radius 2 is 1.93 bits per heavy atom. The van der Waals surface area contributed by atoms with E-state index in [-0.39, 0.29) is 12.2 Å². The van der Waals surface area contributed by atoms with Crippen LogP contribution in [0.3, 0.4) is 0 Å². The van der Waals surface area contributed by atoms with Crippen molar-refractivity contribution in [2.45, 2.75) is 13.2 Å². The molecular formula is C9H9F3O2. The highest BCUT2D eigenvalue weighted by Crippen LogP contribution is 2.20. The predicted octanol–water partition coefficient (Wildman–Crippen LogP) is 1.74. The molecule has 1 rings (SSSR count). The van der Waals surface area contributed by atoms with Crippen molar-refractivity contribution in [1.82, 2.24) is 0 Å². The zero-order valence-corrected chi connectivity index (χ0v) is 7.48. The summed E-state index contributed by atoms with van der Waals surface area (Å²) in [6, 6.07) is 0.813. The first-order chi connectivity index (χ1) is 6.61. The lowest BCUT2D eigenvalue weighted by Crippen LogP contribution is -2.04. The number of hydrogen-bond donors (Lipinski definition) is 1. The fraction of sp³-hybridized carbons (Fsp3) is 0.333. The van der Waals surface area contributed by atoms with E-state index < -0.39 is 29.6 Å². The van der Waals surface area contributed by atoms with Crippen LogP contribution < -0.4 is 0 Å². The summed E-state index contributed by atoms with van der Waals surface area (Å²) in [6.45, 7) is -1.09. The third-order valence-corrected chi connectivity index (χ3v) is 1.79. The summed E-state index contributed by atoms with van der Waals surface area (Å²) in [7, 11) is 1.29. The minimum Gasteiger partial charge on any atom is -0.391 e. The van der Waals surface area contributed by atoms with Crippen molar-refractivity contribution >= 4 is 0 Å². The van der Waals surface area contributed by atoms with Gasteiger partial charge in [-0.3, -0.25) is 0 Å². The Labute approximate surface area is 78.9 Å². The van der Waals surface area contributed by atoms with Gasteiger partial charge in [0.25, 0.3) is 0 Å². The van der Waals surface area contributed by atoms with Crippen molar-refractivity contribution in [3.8, 4) is 0 Å². The third-order valence-electron chi connectivity index (χ3n) is 1.79. The number of halogens is 3. The van der Waals surface area contributed by atoms with Crippen molar-refractivity contribution in [3.05, 3.63) is 34.6 Å². The van der Waals surface area contributed by atoms with Crippen LogP contribution in [0.25, 0.3) is 0 Å². The van der Waals surface area contributed by atoms with Crippen LogP contribution in [0.4, 0.5) is 13.2 Å². The van der Waals surface area contributed by atoms with Crippen LogP contribution in [-0.4, -0.2) is 12.2 Å². The zero-order valence-electron chi connectivity index (χ0n) is 7.48. The van der Waals surface area contributed by atoms with E-state index in [0.29, 0.717) is 0 Å². The van der Waals surface area contributed by atoms with Crippen molar-refractivity contribution < 1.29 is 23.0 Å². The fourth-order valence-electron chi connectivity index (χ4n) is 1.09. The smallest absolute Gasteiger partial charge is 0.167 e. The lowest BCUT2D eigenvalue weighted by Gasteiger charge is -2.07. The van der Waals surface area contributed by atoms with E-state index in [1.54, 1.807) is 0 Å². The van der Waals surface area contributed by atoms with Crippen molar-refractivity contribution in [1.29, 1.82) is 0 Å². The zero-order chi connectivity index (χ0) is 10.7. The van der Waals surface area contributed by atoms with Gasteiger partial charge in [-0.25, -0.2) is 13.2 Å². The second-order valence-corrected chi connectivity index (χ2v) is 2.72. The molecule has 2 nitrogen and oxygen atoms in total. The average molecular weight is 206 g/mol. The molecule has 0 saturated carbocycles. The van der Waals surface area contributed by atoms with Crippen molar-refractivity contribution in [2.24, 2.45) is 0 Å². The van der Waals surface area contributed by atoms with E-state index in [1.165, 1.54) is 7.11 Å². The standard InChI is InChI=1S/C9H9F3O2/c1-14-4-5-2-7(10)6(3-13)9(12)8(5)11/h2,13H,3-4H2,1H3. The van der Waals surface area contributed by atoms with Gasteiger partial charge >= 0.3 is 0 Å². The van der Waals surface area contributed by atoms with Crippen molar-refractivity contribution in [2.75, 3.05) is 7.11 Å². The summed E-state index contributed by atoms with van der Waals surface area (Å²) >= 11 is 0. The maximum absolute atomic E-state index is 13.1. The van der Waals surface area contributed by atoms with Crippen LogP contribution in [0.5, 0.6) is 0 Å². The van der Waals surface area contributed by atoms with Gasteiger partial charge in [0, 0.05) is 12.7 Å². The fourth-order valence-corrected chi connectivity index (χ4v) is 1.09. The minimum absolute atomic E-state index is 0.209. The van der Waals surface area contributed by atoms with Crippen LogP contribution in [0.1, 0.15) is 11.1 Å². The summed E-state index contributed by atoms with van der Waals surface area (Å²) in [4.78, 5) is 0. The van der Waals surface area contributed by atoms with E-state index in [9.17, 15) is 13.2 Å². The van der Waals surface area contributed by atoms with E-state index in [1.807, 2.05) is 0 Å². The Morgan fingerprint density at radius 1 is 1.29 bits per heavy atom. The SMILES string of the molecule is COCc1cc(F)c(CO)c(F)c1F. The molecule has 1 aromatic carbocycles. The summed E-state index contributed by atoms with van der Waals surface area (Å²) in [6.07, 6.45) is 0. The molecule has 5 heteroatoms. The molecule has 14 heavy (non-hydrogen) atoms. The lowest BCUT2D eigenvalue weighted by atomic mass is 10.1. The maximum Gasteiger partial charge on any atom is 0.167 e. The number of hydrogen-bond acceptors (Lipinski definition) is 2. The summed E-state index contributed by atoms with van der Waals surface area (Å²) in [5, 5.41) is 8.57. The second kappa shape index (κ2) is 4.43. The van der Waals surface area contributed by atoms with E-state index in [2.05, 4.69) is 4.74 Å². The van der Waals surface area contributed by atoms with Gasteiger partial charge in [-0.1, -0.05) is 0 Å². The predicted molar refractivity (Wildman–Crippen MR) is 43.0 cm³/mol. The largest absolute Gasteiger partial charge is 0.391 e. The first-order valence-corrected chi connectivity index (χ1v) is 3.86. The molecule has 0 atom stereocenters. The Morgan fingerprint density at radius 3 is 2.43 bits per heavy atom. The third kappa shape index (κ3) is 1.88. The second-order valence-electron chi connectivity index (χ2n) is 2.72. The number of benzene rings is 1. The van der Waals surface area contributed by atoms with Gasteiger partial charge in [0.1, 0.15) is 5.82 Å². The highest BCUT2D eigenvalue weighted by atomic mass is 19.2. The molecule has 0 saturated heterocycles. The molecule has 78 valence electrons. The Bertz CT molecular complexity index is 339. The van der Waals surface area contributed by atoms with E-state index in [0.717, 1.165) is 6.07 Å². The quantitative estimate of drug-likeness (QED) is 0.763. The van der Waals surface area contributed by atoms with E-state index >= 15 is 0 Å². The van der Waals surface area contributed by atoms with Crippen LogP contribution in [-0.2, 0) is 18.0 Å². The molecule has 0 unspecified atom stereocenters. The topological polar surface area (TPSA) is 29.5 Å². The summed E-state index contributed by atoms with van der Waals surface area (Å²) in [5.74, 6) is -3.52. The molecular weight excluding hydrogens is 197 g/mol. The normalized spacial score (nSPS) is 10.6. The minimum atomic E-state index is -1.36. The summed E-state index contributed by atoms with van der Waals surface area (Å²) in [5.41, 5.74) is -0.873. The molecule has 0 heterocycles. The monoisotopic (exact) mass is 206 g/mol. The number of ether oxygens (including phenoxy) is 1. The summed E-state index contributed by atoms with van der Waals surface area (Å²) < 4.78 is 43.6. The molecule has 0 bridgehead atoms. The molecule has 0 fully saturated rings. The molecule has 1 N–H and O–H groups in total. The highest BCUT2D eigenvalue weighted by Gasteiger charge is 2.17.